The first-order chi connectivity index (χ1) is 14.1. The molecule has 6 nitrogen and oxygen atoms in total. The summed E-state index contributed by atoms with van der Waals surface area (Å²) in [6.45, 7) is -2.68. The topological polar surface area (TPSA) is 50.6 Å². The average molecular weight is 392 g/mol. The van der Waals surface area contributed by atoms with E-state index in [9.17, 15) is 8.78 Å². The smallest absolute Gasteiger partial charge is 0.281 e. The first-order valence-electron chi connectivity index (χ1n) is 9.30. The Morgan fingerprint density at radius 3 is 2.62 bits per heavy atom. The van der Waals surface area contributed by atoms with Gasteiger partial charge in [0.1, 0.15) is 18.4 Å². The van der Waals surface area contributed by atoms with E-state index in [0.29, 0.717) is 15.8 Å². The van der Waals surface area contributed by atoms with Crippen LogP contribution in [0.25, 0.3) is 6.20 Å². The molecule has 8 heteroatoms. The highest BCUT2D eigenvalue weighted by Crippen LogP contribution is 2.59. The number of ether oxygens (including phenoxy) is 1. The van der Waals surface area contributed by atoms with Crippen molar-refractivity contribution in [3.05, 3.63) is 77.6 Å². The fraction of sp³-hybridized carbons (Fsp3) is 0.190. The number of para-hydroxylation sites is 3. The molecule has 0 N–H and O–H groups in total. The van der Waals surface area contributed by atoms with Gasteiger partial charge in [-0.15, -0.1) is 0 Å². The summed E-state index contributed by atoms with van der Waals surface area (Å²) in [6.07, 6.45) is 4.80. The van der Waals surface area contributed by atoms with Crippen LogP contribution in [-0.4, -0.2) is 35.0 Å². The molecule has 2 bridgehead atoms. The van der Waals surface area contributed by atoms with Crippen molar-refractivity contribution in [1.29, 1.82) is 0 Å². The lowest BCUT2D eigenvalue weighted by atomic mass is 9.95. The van der Waals surface area contributed by atoms with Crippen molar-refractivity contribution in [3.8, 4) is 0 Å². The molecule has 1 spiro atoms. The molecule has 1 aromatic heterocycles. The normalized spacial score (nSPS) is 28.4. The van der Waals surface area contributed by atoms with E-state index >= 15 is 0 Å². The summed E-state index contributed by atoms with van der Waals surface area (Å²) < 4.78 is 32.7. The van der Waals surface area contributed by atoms with Gasteiger partial charge < -0.3 is 0 Å². The quantitative estimate of drug-likeness (QED) is 0.642. The SMILES string of the molecule is FC(F)OC12C[N+]3(C=c4ccccc4=N1)c1ccccc1N(c1ncccn1)C23. The lowest BCUT2D eigenvalue weighted by Gasteiger charge is -2.55. The van der Waals surface area contributed by atoms with Crippen LogP contribution >= 0.6 is 0 Å². The Bertz CT molecular complexity index is 1240. The number of nitrogens with zero attached hydrogens (tertiary/aromatic N) is 5. The fourth-order valence-corrected chi connectivity index (χ4v) is 4.91. The van der Waals surface area contributed by atoms with E-state index in [-0.39, 0.29) is 6.54 Å². The van der Waals surface area contributed by atoms with Gasteiger partial charge in [0.25, 0.3) is 5.72 Å². The van der Waals surface area contributed by atoms with Crippen LogP contribution in [0, 0.1) is 0 Å². The average Bonchev–Trinajstić information content (AvgIpc) is 2.81. The zero-order valence-electron chi connectivity index (χ0n) is 15.2. The Labute approximate surface area is 164 Å². The fourth-order valence-electron chi connectivity index (χ4n) is 4.91. The van der Waals surface area contributed by atoms with E-state index < -0.39 is 18.5 Å². The van der Waals surface area contributed by atoms with Crippen molar-refractivity contribution in [2.75, 3.05) is 11.4 Å². The minimum atomic E-state index is -2.95. The van der Waals surface area contributed by atoms with E-state index in [0.717, 1.165) is 16.6 Å². The molecule has 6 rings (SSSR count). The third-order valence-electron chi connectivity index (χ3n) is 5.84. The zero-order valence-corrected chi connectivity index (χ0v) is 15.2. The Balaban J connectivity index is 1.68. The molecule has 0 saturated carbocycles. The number of anilines is 2. The lowest BCUT2D eigenvalue weighted by Crippen LogP contribution is -2.81. The van der Waals surface area contributed by atoms with Gasteiger partial charge in [-0.2, -0.15) is 8.78 Å². The monoisotopic (exact) mass is 392 g/mol. The highest BCUT2D eigenvalue weighted by Gasteiger charge is 2.76. The molecule has 144 valence electrons. The number of benzene rings is 2. The third-order valence-corrected chi connectivity index (χ3v) is 5.84. The second-order valence-electron chi connectivity index (χ2n) is 7.39. The Hall–Kier alpha value is -3.23. The van der Waals surface area contributed by atoms with Crippen molar-refractivity contribution in [2.45, 2.75) is 18.5 Å². The number of aromatic nitrogens is 2. The number of halogens is 2. The third kappa shape index (κ3) is 2.12. The summed E-state index contributed by atoms with van der Waals surface area (Å²) in [5, 5.41) is 1.53. The summed E-state index contributed by atoms with van der Waals surface area (Å²) in [6, 6.07) is 17.1. The number of hydrogen-bond donors (Lipinski definition) is 0. The molecule has 2 aromatic carbocycles. The van der Waals surface area contributed by atoms with Crippen molar-refractivity contribution >= 4 is 23.5 Å². The van der Waals surface area contributed by atoms with Crippen LogP contribution in [0.1, 0.15) is 0 Å². The van der Waals surface area contributed by atoms with Crippen LogP contribution in [0.15, 0.2) is 72.0 Å². The predicted octanol–water partition coefficient (Wildman–Crippen LogP) is 2.28. The molecule has 3 aliphatic rings. The number of fused-ring (bicyclic) bond motifs is 4. The largest absolute Gasteiger partial charge is 0.347 e. The highest BCUT2D eigenvalue weighted by atomic mass is 19.3. The van der Waals surface area contributed by atoms with E-state index in [1.165, 1.54) is 0 Å². The minimum absolute atomic E-state index is 0.275. The first-order valence-corrected chi connectivity index (χ1v) is 9.30. The van der Waals surface area contributed by atoms with Gasteiger partial charge >= 0.3 is 6.61 Å². The number of alkyl halides is 2. The molecule has 3 unspecified atom stereocenters. The number of quaternary nitrogens is 1. The molecule has 1 saturated heterocycles. The standard InChI is InChI=1S/C21H16F2N5O/c22-19(23)29-21-13-28(12-14-6-1-2-7-15(14)26-21)17-9-4-3-8-16(17)27(18(21)28)20-24-10-5-11-25-20/h1-12,18-19H,13H2/q+1. The lowest BCUT2D eigenvalue weighted by molar-refractivity contribution is -0.255. The second-order valence-corrected chi connectivity index (χ2v) is 7.39. The molecule has 1 fully saturated rings. The Morgan fingerprint density at radius 1 is 1.03 bits per heavy atom. The molecular formula is C21H16F2N5O+. The van der Waals surface area contributed by atoms with Gasteiger partial charge in [-0.1, -0.05) is 24.3 Å². The first kappa shape index (κ1) is 16.7. The second kappa shape index (κ2) is 5.65. The van der Waals surface area contributed by atoms with E-state index in [1.807, 2.05) is 53.4 Å². The van der Waals surface area contributed by atoms with Crippen molar-refractivity contribution < 1.29 is 13.5 Å². The van der Waals surface area contributed by atoms with Crippen LogP contribution in [0.4, 0.5) is 26.1 Å². The van der Waals surface area contributed by atoms with E-state index in [1.54, 1.807) is 18.5 Å². The Morgan fingerprint density at radius 2 is 1.79 bits per heavy atom. The van der Waals surface area contributed by atoms with Gasteiger partial charge in [0.05, 0.1) is 10.6 Å². The molecule has 0 amide bonds. The molecule has 3 aromatic rings. The van der Waals surface area contributed by atoms with Crippen LogP contribution in [0.2, 0.25) is 0 Å². The summed E-state index contributed by atoms with van der Waals surface area (Å²) >= 11 is 0. The molecule has 4 heterocycles. The summed E-state index contributed by atoms with van der Waals surface area (Å²) in [4.78, 5) is 15.4. The maximum atomic E-state index is 13.6. The van der Waals surface area contributed by atoms with E-state index in [2.05, 4.69) is 16.2 Å². The van der Waals surface area contributed by atoms with Gasteiger partial charge in [-0.05, 0) is 24.3 Å². The van der Waals surface area contributed by atoms with Crippen LogP contribution in [-0.2, 0) is 4.74 Å². The molecule has 0 aliphatic carbocycles. The van der Waals surface area contributed by atoms with Gasteiger partial charge in [0, 0.05) is 18.5 Å². The van der Waals surface area contributed by atoms with Gasteiger partial charge in [-0.3, -0.25) is 4.74 Å². The van der Waals surface area contributed by atoms with Crippen molar-refractivity contribution in [1.82, 2.24) is 14.5 Å². The predicted molar refractivity (Wildman–Crippen MR) is 103 cm³/mol. The summed E-state index contributed by atoms with van der Waals surface area (Å²) in [5.74, 6) is 0.432. The number of rotatable bonds is 3. The van der Waals surface area contributed by atoms with E-state index in [4.69, 9.17) is 9.73 Å². The maximum Gasteiger partial charge on any atom is 0.347 e. The van der Waals surface area contributed by atoms with Gasteiger partial charge in [0.2, 0.25) is 12.1 Å². The summed E-state index contributed by atoms with van der Waals surface area (Å²) in [7, 11) is 0. The molecule has 3 atom stereocenters. The van der Waals surface area contributed by atoms with Crippen LogP contribution in [0.5, 0.6) is 0 Å². The molecule has 0 radical (unpaired) electrons. The highest BCUT2D eigenvalue weighted by molar-refractivity contribution is 5.85. The van der Waals surface area contributed by atoms with Gasteiger partial charge in [0.15, 0.2) is 5.69 Å². The molecule has 29 heavy (non-hydrogen) atoms. The van der Waals surface area contributed by atoms with Crippen LogP contribution < -0.4 is 20.0 Å². The van der Waals surface area contributed by atoms with Crippen LogP contribution in [0.3, 0.4) is 0 Å². The minimum Gasteiger partial charge on any atom is -0.281 e. The molecular weight excluding hydrogens is 376 g/mol. The van der Waals surface area contributed by atoms with Crippen molar-refractivity contribution in [2.24, 2.45) is 4.99 Å². The zero-order chi connectivity index (χ0) is 19.6. The maximum absolute atomic E-state index is 13.6. The number of hydrogen-bond acceptors (Lipinski definition) is 5. The Kier molecular flexibility index (Phi) is 3.25. The van der Waals surface area contributed by atoms with Gasteiger partial charge in [-0.25, -0.2) is 24.3 Å². The molecule has 3 aliphatic heterocycles. The summed E-state index contributed by atoms with van der Waals surface area (Å²) in [5.41, 5.74) is 0.440. The van der Waals surface area contributed by atoms with Crippen molar-refractivity contribution in [3.63, 3.8) is 0 Å².